The molecule has 2 aliphatic rings. The molecule has 1 saturated heterocycles. The first-order valence-electron chi connectivity index (χ1n) is 7.52. The molecule has 0 spiro atoms. The maximum atomic E-state index is 6.35. The number of thiazole rings is 1. The number of anilines is 1. The van der Waals surface area contributed by atoms with Gasteiger partial charge in [0.15, 0.2) is 5.13 Å². The molecule has 0 bridgehead atoms. The molecule has 2 N–H and O–H groups in total. The number of nitrogens with two attached hydrogens (primary N) is 1. The van der Waals surface area contributed by atoms with Crippen molar-refractivity contribution in [3.63, 3.8) is 0 Å². The second-order valence-corrected chi connectivity index (χ2v) is 7.87. The zero-order chi connectivity index (χ0) is 13.6. The summed E-state index contributed by atoms with van der Waals surface area (Å²) in [7, 11) is 0. The van der Waals surface area contributed by atoms with Gasteiger partial charge in [-0.05, 0) is 37.5 Å². The molecule has 0 aromatic carbocycles. The molecular formula is C15H25N3S. The van der Waals surface area contributed by atoms with Crippen LogP contribution in [-0.4, -0.2) is 17.6 Å². The van der Waals surface area contributed by atoms with Gasteiger partial charge in [0, 0.05) is 23.5 Å². The molecule has 3 nitrogen and oxygen atoms in total. The first-order chi connectivity index (χ1) is 9.00. The molecule has 2 unspecified atom stereocenters. The molecule has 0 amide bonds. The molecule has 0 radical (unpaired) electrons. The lowest BCUT2D eigenvalue weighted by atomic mass is 9.77. The van der Waals surface area contributed by atoms with Crippen LogP contribution in [0.5, 0.6) is 0 Å². The molecule has 0 saturated carbocycles. The maximum Gasteiger partial charge on any atom is 0.186 e. The van der Waals surface area contributed by atoms with Crippen LogP contribution in [0.3, 0.4) is 0 Å². The van der Waals surface area contributed by atoms with Crippen molar-refractivity contribution in [3.8, 4) is 0 Å². The highest BCUT2D eigenvalue weighted by Crippen LogP contribution is 2.44. The second kappa shape index (κ2) is 4.74. The molecule has 1 aliphatic heterocycles. The Morgan fingerprint density at radius 3 is 3.00 bits per heavy atom. The number of aromatic nitrogens is 1. The summed E-state index contributed by atoms with van der Waals surface area (Å²) >= 11 is 1.85. The summed E-state index contributed by atoms with van der Waals surface area (Å²) in [5.41, 5.74) is 7.92. The van der Waals surface area contributed by atoms with Gasteiger partial charge in [-0.3, -0.25) is 0 Å². The van der Waals surface area contributed by atoms with E-state index in [1.807, 2.05) is 11.3 Å². The molecule has 1 aromatic heterocycles. The molecule has 19 heavy (non-hydrogen) atoms. The van der Waals surface area contributed by atoms with Crippen LogP contribution >= 0.6 is 11.3 Å². The SMILES string of the molecule is CCC1CCCN1c1nc2c(s1)C(N)CC(C)(C)C2. The van der Waals surface area contributed by atoms with Crippen LogP contribution in [0.2, 0.25) is 0 Å². The quantitative estimate of drug-likeness (QED) is 0.901. The average Bonchev–Trinajstić information content (AvgIpc) is 2.91. The van der Waals surface area contributed by atoms with E-state index in [0.717, 1.165) is 12.8 Å². The predicted octanol–water partition coefficient (Wildman–Crippen LogP) is 3.49. The molecule has 1 aromatic rings. The number of hydrogen-bond acceptors (Lipinski definition) is 4. The molecule has 2 atom stereocenters. The minimum Gasteiger partial charge on any atom is -0.345 e. The minimum atomic E-state index is 0.188. The van der Waals surface area contributed by atoms with E-state index >= 15 is 0 Å². The first-order valence-corrected chi connectivity index (χ1v) is 8.33. The summed E-state index contributed by atoms with van der Waals surface area (Å²) in [5, 5.41) is 1.22. The van der Waals surface area contributed by atoms with Gasteiger partial charge in [0.2, 0.25) is 0 Å². The normalized spacial score (nSPS) is 29.6. The fourth-order valence-corrected chi connectivity index (χ4v) is 4.80. The van der Waals surface area contributed by atoms with E-state index in [0.29, 0.717) is 11.5 Å². The molecule has 1 fully saturated rings. The standard InChI is InChI=1S/C15H25N3S/c1-4-10-6-5-7-18(10)14-17-12-9-15(2,3)8-11(16)13(12)19-14/h10-11H,4-9,16H2,1-3H3. The monoisotopic (exact) mass is 279 g/mol. The van der Waals surface area contributed by atoms with Crippen molar-refractivity contribution in [2.75, 3.05) is 11.4 Å². The van der Waals surface area contributed by atoms with Gasteiger partial charge in [-0.1, -0.05) is 32.1 Å². The third kappa shape index (κ3) is 2.40. The highest BCUT2D eigenvalue weighted by Gasteiger charge is 2.35. The van der Waals surface area contributed by atoms with Crippen LogP contribution < -0.4 is 10.6 Å². The van der Waals surface area contributed by atoms with E-state index in [-0.39, 0.29) is 6.04 Å². The number of rotatable bonds is 2. The van der Waals surface area contributed by atoms with Gasteiger partial charge in [0.1, 0.15) is 0 Å². The molecule has 106 valence electrons. The fraction of sp³-hybridized carbons (Fsp3) is 0.800. The van der Waals surface area contributed by atoms with E-state index in [1.54, 1.807) is 0 Å². The van der Waals surface area contributed by atoms with Gasteiger partial charge < -0.3 is 10.6 Å². The van der Waals surface area contributed by atoms with Crippen LogP contribution in [0.25, 0.3) is 0 Å². The Labute approximate surface area is 120 Å². The predicted molar refractivity (Wildman–Crippen MR) is 81.8 cm³/mol. The van der Waals surface area contributed by atoms with E-state index in [2.05, 4.69) is 25.7 Å². The lowest BCUT2D eigenvalue weighted by Crippen LogP contribution is -2.29. The summed E-state index contributed by atoms with van der Waals surface area (Å²) in [6.07, 6.45) is 6.01. The Kier molecular flexibility index (Phi) is 3.34. The van der Waals surface area contributed by atoms with Crippen molar-refractivity contribution >= 4 is 16.5 Å². The zero-order valence-corrected chi connectivity index (χ0v) is 13.1. The van der Waals surface area contributed by atoms with Crippen LogP contribution in [0.1, 0.15) is 63.1 Å². The largest absolute Gasteiger partial charge is 0.345 e. The third-order valence-corrected chi connectivity index (χ3v) is 5.83. The topological polar surface area (TPSA) is 42.2 Å². The minimum absolute atomic E-state index is 0.188. The molecule has 1 aliphatic carbocycles. The van der Waals surface area contributed by atoms with Gasteiger partial charge in [0.05, 0.1) is 5.69 Å². The molecule has 2 heterocycles. The first kappa shape index (κ1) is 13.4. The molecular weight excluding hydrogens is 254 g/mol. The van der Waals surface area contributed by atoms with Gasteiger partial charge in [-0.2, -0.15) is 0 Å². The summed E-state index contributed by atoms with van der Waals surface area (Å²) < 4.78 is 0. The van der Waals surface area contributed by atoms with E-state index in [9.17, 15) is 0 Å². The summed E-state index contributed by atoms with van der Waals surface area (Å²) in [6.45, 7) is 8.06. The van der Waals surface area contributed by atoms with Crippen LogP contribution in [-0.2, 0) is 6.42 Å². The van der Waals surface area contributed by atoms with Crippen LogP contribution in [0, 0.1) is 5.41 Å². The highest BCUT2D eigenvalue weighted by atomic mass is 32.1. The van der Waals surface area contributed by atoms with Crippen molar-refractivity contribution in [3.05, 3.63) is 10.6 Å². The van der Waals surface area contributed by atoms with Crippen molar-refractivity contribution in [2.24, 2.45) is 11.1 Å². The van der Waals surface area contributed by atoms with Crippen molar-refractivity contribution < 1.29 is 0 Å². The lowest BCUT2D eigenvalue weighted by molar-refractivity contribution is 0.282. The Balaban J connectivity index is 1.90. The summed E-state index contributed by atoms with van der Waals surface area (Å²) in [4.78, 5) is 8.80. The Morgan fingerprint density at radius 1 is 1.47 bits per heavy atom. The van der Waals surface area contributed by atoms with Crippen molar-refractivity contribution in [1.29, 1.82) is 0 Å². The number of hydrogen-bond donors (Lipinski definition) is 1. The highest BCUT2D eigenvalue weighted by molar-refractivity contribution is 7.15. The third-order valence-electron chi connectivity index (χ3n) is 4.57. The van der Waals surface area contributed by atoms with Gasteiger partial charge in [0.25, 0.3) is 0 Å². The Bertz CT molecular complexity index is 466. The number of fused-ring (bicyclic) bond motifs is 1. The maximum absolute atomic E-state index is 6.35. The van der Waals surface area contributed by atoms with E-state index < -0.39 is 0 Å². The van der Waals surface area contributed by atoms with Gasteiger partial charge in [-0.25, -0.2) is 4.98 Å². The van der Waals surface area contributed by atoms with E-state index in [1.165, 1.54) is 41.5 Å². The summed E-state index contributed by atoms with van der Waals surface area (Å²) in [5.74, 6) is 0. The van der Waals surface area contributed by atoms with Crippen molar-refractivity contribution in [1.82, 2.24) is 4.98 Å². The Hall–Kier alpha value is -0.610. The molecule has 4 heteroatoms. The zero-order valence-electron chi connectivity index (χ0n) is 12.3. The smallest absolute Gasteiger partial charge is 0.186 e. The van der Waals surface area contributed by atoms with Crippen LogP contribution in [0.4, 0.5) is 5.13 Å². The summed E-state index contributed by atoms with van der Waals surface area (Å²) in [6, 6.07) is 0.879. The molecule has 3 rings (SSSR count). The Morgan fingerprint density at radius 2 is 2.26 bits per heavy atom. The van der Waals surface area contributed by atoms with Crippen LogP contribution in [0.15, 0.2) is 0 Å². The van der Waals surface area contributed by atoms with E-state index in [4.69, 9.17) is 10.7 Å². The number of nitrogens with zero attached hydrogens (tertiary/aromatic N) is 2. The van der Waals surface area contributed by atoms with Crippen molar-refractivity contribution in [2.45, 2.75) is 65.0 Å². The lowest BCUT2D eigenvalue weighted by Gasteiger charge is -2.32. The van der Waals surface area contributed by atoms with Gasteiger partial charge >= 0.3 is 0 Å². The van der Waals surface area contributed by atoms with Gasteiger partial charge in [-0.15, -0.1) is 0 Å². The fourth-order valence-electron chi connectivity index (χ4n) is 3.62. The second-order valence-electron chi connectivity index (χ2n) is 6.86. The average molecular weight is 279 g/mol.